The van der Waals surface area contributed by atoms with Crippen molar-refractivity contribution in [2.75, 3.05) is 12.4 Å². The molecule has 0 spiro atoms. The molecule has 0 unspecified atom stereocenters. The summed E-state index contributed by atoms with van der Waals surface area (Å²) in [6.07, 6.45) is 0.328. The summed E-state index contributed by atoms with van der Waals surface area (Å²) in [6.45, 7) is 1.95. The summed E-state index contributed by atoms with van der Waals surface area (Å²) in [4.78, 5) is 31.1. The molecule has 96 valence electrons. The quantitative estimate of drug-likeness (QED) is 0.790. The van der Waals surface area contributed by atoms with Crippen molar-refractivity contribution in [3.8, 4) is 0 Å². The van der Waals surface area contributed by atoms with E-state index in [1.165, 1.54) is 13.2 Å². The largest absolute Gasteiger partial charge is 0.378 e. The molecule has 8 nitrogen and oxygen atoms in total. The summed E-state index contributed by atoms with van der Waals surface area (Å²) < 4.78 is 6.06. The zero-order chi connectivity index (χ0) is 13.1. The van der Waals surface area contributed by atoms with Gasteiger partial charge in [-0.15, -0.1) is 0 Å². The molecule has 0 saturated heterocycles. The number of nitrogens with zero attached hydrogens (tertiary/aromatic N) is 3. The predicted octanol–water partition coefficient (Wildman–Crippen LogP) is -0.0875. The highest BCUT2D eigenvalue weighted by Gasteiger charge is 2.09. The van der Waals surface area contributed by atoms with Crippen LogP contribution in [0, 0.1) is 0 Å². The Kier molecular flexibility index (Phi) is 3.38. The number of hydrogen-bond donors (Lipinski definition) is 2. The molecule has 8 heteroatoms. The highest BCUT2D eigenvalue weighted by Crippen LogP contribution is 2.02. The van der Waals surface area contributed by atoms with E-state index in [4.69, 9.17) is 4.74 Å². The smallest absolute Gasteiger partial charge is 0.274 e. The summed E-state index contributed by atoms with van der Waals surface area (Å²) in [7, 11) is 1.51. The minimum Gasteiger partial charge on any atom is -0.378 e. The third-order valence-electron chi connectivity index (χ3n) is 2.25. The summed E-state index contributed by atoms with van der Waals surface area (Å²) in [5.41, 5.74) is 0.180. The van der Waals surface area contributed by atoms with Crippen molar-refractivity contribution in [1.82, 2.24) is 19.6 Å². The van der Waals surface area contributed by atoms with Gasteiger partial charge < -0.3 is 4.74 Å². The fourth-order valence-corrected chi connectivity index (χ4v) is 1.43. The standard InChI is InChI=1S/C10H13N5O3/c1-3-7(16)12-9-13-10-11-6(5-18-2)4-8(17)15(10)14-9/h4H,3,5H2,1-2H3,(H2,11,12,13,14,16). The van der Waals surface area contributed by atoms with Gasteiger partial charge in [-0.25, -0.2) is 4.98 Å². The molecule has 0 radical (unpaired) electrons. The number of rotatable bonds is 4. The van der Waals surface area contributed by atoms with Gasteiger partial charge in [0.2, 0.25) is 11.9 Å². The van der Waals surface area contributed by atoms with Crippen LogP contribution in [0.4, 0.5) is 5.95 Å². The lowest BCUT2D eigenvalue weighted by molar-refractivity contribution is -0.115. The molecule has 2 aromatic heterocycles. The number of anilines is 1. The van der Waals surface area contributed by atoms with Crippen molar-refractivity contribution in [1.29, 1.82) is 0 Å². The first kappa shape index (κ1) is 12.2. The van der Waals surface area contributed by atoms with Gasteiger partial charge in [-0.05, 0) is 0 Å². The normalized spacial score (nSPS) is 10.8. The number of carbonyl (C=O) groups is 1. The maximum atomic E-state index is 11.7. The van der Waals surface area contributed by atoms with Gasteiger partial charge in [0.25, 0.3) is 11.3 Å². The van der Waals surface area contributed by atoms with Crippen LogP contribution in [0.1, 0.15) is 19.0 Å². The molecule has 0 aliphatic carbocycles. The van der Waals surface area contributed by atoms with Crippen molar-refractivity contribution in [3.63, 3.8) is 0 Å². The average molecular weight is 251 g/mol. The Labute approximate surface area is 102 Å². The lowest BCUT2D eigenvalue weighted by atomic mass is 10.4. The highest BCUT2D eigenvalue weighted by molar-refractivity contribution is 5.88. The number of ether oxygens (including phenoxy) is 1. The van der Waals surface area contributed by atoms with Gasteiger partial charge >= 0.3 is 0 Å². The fourth-order valence-electron chi connectivity index (χ4n) is 1.43. The van der Waals surface area contributed by atoms with E-state index in [1.54, 1.807) is 6.92 Å². The Morgan fingerprint density at radius 1 is 1.56 bits per heavy atom. The van der Waals surface area contributed by atoms with E-state index in [9.17, 15) is 9.59 Å². The van der Waals surface area contributed by atoms with E-state index in [0.717, 1.165) is 4.52 Å². The van der Waals surface area contributed by atoms with Gasteiger partial charge in [-0.1, -0.05) is 6.92 Å². The second-order valence-corrected chi connectivity index (χ2v) is 3.63. The van der Waals surface area contributed by atoms with Crippen molar-refractivity contribution >= 4 is 17.6 Å². The van der Waals surface area contributed by atoms with Crippen molar-refractivity contribution in [2.24, 2.45) is 0 Å². The molecule has 2 aromatic rings. The molecule has 0 aliphatic heterocycles. The minimum atomic E-state index is -0.309. The van der Waals surface area contributed by atoms with Gasteiger partial charge in [0, 0.05) is 19.6 Å². The van der Waals surface area contributed by atoms with Gasteiger partial charge in [0.15, 0.2) is 0 Å². The molecule has 0 fully saturated rings. The first-order valence-corrected chi connectivity index (χ1v) is 5.41. The van der Waals surface area contributed by atoms with E-state index in [2.05, 4.69) is 20.4 Å². The number of H-pyrrole nitrogens is 1. The molecule has 1 amide bonds. The molecule has 0 atom stereocenters. The van der Waals surface area contributed by atoms with Crippen LogP contribution >= 0.6 is 0 Å². The zero-order valence-corrected chi connectivity index (χ0v) is 10.1. The molecule has 2 heterocycles. The average Bonchev–Trinajstić information content (AvgIpc) is 2.72. The van der Waals surface area contributed by atoms with Crippen molar-refractivity contribution in [2.45, 2.75) is 20.0 Å². The van der Waals surface area contributed by atoms with Gasteiger partial charge in [-0.3, -0.25) is 20.0 Å². The predicted molar refractivity (Wildman–Crippen MR) is 63.2 cm³/mol. The molecule has 2 rings (SSSR count). The molecule has 18 heavy (non-hydrogen) atoms. The number of nitrogens with one attached hydrogen (secondary N) is 2. The summed E-state index contributed by atoms with van der Waals surface area (Å²) in [5.74, 6) is 0.196. The highest BCUT2D eigenvalue weighted by atomic mass is 16.5. The lowest BCUT2D eigenvalue weighted by Crippen LogP contribution is -2.16. The van der Waals surface area contributed by atoms with E-state index in [-0.39, 0.29) is 29.8 Å². The Morgan fingerprint density at radius 2 is 2.33 bits per heavy atom. The van der Waals surface area contributed by atoms with Crippen LogP contribution in [-0.4, -0.2) is 32.6 Å². The number of aromatic amines is 1. The summed E-state index contributed by atoms with van der Waals surface area (Å²) >= 11 is 0. The zero-order valence-electron chi connectivity index (χ0n) is 10.1. The van der Waals surface area contributed by atoms with E-state index < -0.39 is 0 Å². The van der Waals surface area contributed by atoms with Crippen molar-refractivity contribution < 1.29 is 9.53 Å². The Bertz CT molecular complexity index is 630. The number of amides is 1. The Balaban J connectivity index is 2.41. The van der Waals surface area contributed by atoms with Crippen molar-refractivity contribution in [3.05, 3.63) is 22.1 Å². The lowest BCUT2D eigenvalue weighted by Gasteiger charge is -1.97. The number of carbonyl (C=O) groups excluding carboxylic acids is 1. The maximum Gasteiger partial charge on any atom is 0.274 e. The number of fused-ring (bicyclic) bond motifs is 1. The Hall–Kier alpha value is -2.22. The first-order chi connectivity index (χ1) is 8.63. The number of hydrogen-bond acceptors (Lipinski definition) is 5. The molecule has 0 saturated carbocycles. The molecule has 0 bridgehead atoms. The SMILES string of the molecule is CCC(=O)Nc1nc2nc(COC)cc(=O)n2[nH]1. The molecular weight excluding hydrogens is 238 g/mol. The molecule has 2 N–H and O–H groups in total. The fraction of sp³-hybridized carbons (Fsp3) is 0.400. The molecular formula is C10H13N5O3. The van der Waals surface area contributed by atoms with Crippen LogP contribution in [0.25, 0.3) is 5.78 Å². The van der Waals surface area contributed by atoms with Crippen LogP contribution in [0.5, 0.6) is 0 Å². The molecule has 0 aliphatic rings. The van der Waals surface area contributed by atoms with Crippen LogP contribution in [0.15, 0.2) is 10.9 Å². The van der Waals surface area contributed by atoms with Crippen LogP contribution in [-0.2, 0) is 16.1 Å². The Morgan fingerprint density at radius 3 is 3.00 bits per heavy atom. The van der Waals surface area contributed by atoms with E-state index in [1.807, 2.05) is 0 Å². The van der Waals surface area contributed by atoms with Crippen LogP contribution in [0.3, 0.4) is 0 Å². The topological polar surface area (TPSA) is 101 Å². The number of methoxy groups -OCH3 is 1. The monoisotopic (exact) mass is 251 g/mol. The van der Waals surface area contributed by atoms with Crippen LogP contribution in [0.2, 0.25) is 0 Å². The third-order valence-corrected chi connectivity index (χ3v) is 2.25. The summed E-state index contributed by atoms with van der Waals surface area (Å²) in [5, 5.41) is 5.18. The minimum absolute atomic E-state index is 0.195. The third kappa shape index (κ3) is 2.38. The molecule has 0 aromatic carbocycles. The van der Waals surface area contributed by atoms with Crippen LogP contribution < -0.4 is 10.9 Å². The maximum absolute atomic E-state index is 11.7. The van der Waals surface area contributed by atoms with Gasteiger partial charge in [0.1, 0.15) is 0 Å². The number of aromatic nitrogens is 4. The second kappa shape index (κ2) is 4.96. The van der Waals surface area contributed by atoms with Gasteiger partial charge in [-0.2, -0.15) is 9.50 Å². The van der Waals surface area contributed by atoms with E-state index in [0.29, 0.717) is 12.1 Å². The first-order valence-electron chi connectivity index (χ1n) is 5.41. The summed E-state index contributed by atoms with van der Waals surface area (Å²) in [6, 6.07) is 1.35. The van der Waals surface area contributed by atoms with Gasteiger partial charge in [0.05, 0.1) is 12.3 Å². The second-order valence-electron chi connectivity index (χ2n) is 3.63. The van der Waals surface area contributed by atoms with E-state index >= 15 is 0 Å².